The fourth-order valence-electron chi connectivity index (χ4n) is 4.58. The van der Waals surface area contributed by atoms with Crippen molar-refractivity contribution in [3.63, 3.8) is 0 Å². The average Bonchev–Trinajstić information content (AvgIpc) is 3.58. The van der Waals surface area contributed by atoms with E-state index in [0.717, 1.165) is 27.1 Å². The number of para-hydroxylation sites is 1. The van der Waals surface area contributed by atoms with Gasteiger partial charge in [-0.2, -0.15) is 0 Å². The second-order valence-corrected chi connectivity index (χ2v) is 13.2. The fraction of sp³-hybridized carbons (Fsp3) is 0.222. The van der Waals surface area contributed by atoms with Crippen LogP contribution in [-0.2, 0) is 21.4 Å². The molecule has 246 valence electrons. The number of rotatable bonds is 11. The summed E-state index contributed by atoms with van der Waals surface area (Å²) in [5, 5.41) is 14.5. The fourth-order valence-corrected chi connectivity index (χ4v) is 5.55. The van der Waals surface area contributed by atoms with Crippen LogP contribution in [0.15, 0.2) is 91.4 Å². The summed E-state index contributed by atoms with van der Waals surface area (Å²) in [4.78, 5) is 52.4. The van der Waals surface area contributed by atoms with Crippen LogP contribution >= 0.6 is 11.3 Å². The highest BCUT2D eigenvalue weighted by atomic mass is 32.1. The highest BCUT2D eigenvalue weighted by Crippen LogP contribution is 2.30. The first-order valence-corrected chi connectivity index (χ1v) is 15.9. The molecule has 0 saturated carbocycles. The number of benzene rings is 2. The predicted octanol–water partition coefficient (Wildman–Crippen LogP) is 6.43. The Hall–Kier alpha value is -5.49. The molecule has 2 amide bonds. The van der Waals surface area contributed by atoms with E-state index in [-0.39, 0.29) is 23.5 Å². The number of carbonyl (C=O) groups is 3. The summed E-state index contributed by atoms with van der Waals surface area (Å²) in [5.41, 5.74) is 2.81. The molecule has 2 aromatic carbocycles. The predicted molar refractivity (Wildman–Crippen MR) is 180 cm³/mol. The number of amides is 2. The van der Waals surface area contributed by atoms with E-state index in [1.807, 2.05) is 18.2 Å². The van der Waals surface area contributed by atoms with Crippen LogP contribution < -0.4 is 15.4 Å². The number of ether oxygens (including phenoxy) is 1. The van der Waals surface area contributed by atoms with E-state index in [1.165, 1.54) is 30.4 Å². The first-order valence-electron chi connectivity index (χ1n) is 15.1. The minimum absolute atomic E-state index is 0.0841. The number of thiophene rings is 1. The van der Waals surface area contributed by atoms with Crippen molar-refractivity contribution < 1.29 is 28.6 Å². The Balaban J connectivity index is 1.26. The van der Waals surface area contributed by atoms with Crippen molar-refractivity contribution in [1.82, 2.24) is 25.6 Å². The van der Waals surface area contributed by atoms with Crippen molar-refractivity contribution in [3.8, 4) is 34.1 Å². The summed E-state index contributed by atoms with van der Waals surface area (Å²) in [6.07, 6.45) is 5.05. The molecule has 5 rings (SSSR count). The molecule has 0 aliphatic heterocycles. The van der Waals surface area contributed by atoms with Crippen LogP contribution in [0.5, 0.6) is 11.6 Å². The number of halogens is 1. The maximum absolute atomic E-state index is 13.9. The normalized spacial score (nSPS) is 12.5. The number of carboxylic acid groups (broad SMARTS) is 1. The Morgan fingerprint density at radius 1 is 0.854 bits per heavy atom. The molecule has 3 aromatic heterocycles. The van der Waals surface area contributed by atoms with E-state index >= 15 is 0 Å². The smallest absolute Gasteiger partial charge is 0.325 e. The van der Waals surface area contributed by atoms with Gasteiger partial charge in [-0.3, -0.25) is 14.4 Å². The summed E-state index contributed by atoms with van der Waals surface area (Å²) < 4.78 is 19.4. The molecule has 48 heavy (non-hydrogen) atoms. The maximum Gasteiger partial charge on any atom is 0.325 e. The zero-order valence-electron chi connectivity index (χ0n) is 26.7. The van der Waals surface area contributed by atoms with Crippen molar-refractivity contribution in [1.29, 1.82) is 0 Å². The third-order valence-corrected chi connectivity index (χ3v) is 8.85. The number of hydrogen-bond acceptors (Lipinski definition) is 8. The molecule has 0 radical (unpaired) electrons. The van der Waals surface area contributed by atoms with Gasteiger partial charge >= 0.3 is 5.97 Å². The molecular weight excluding hydrogens is 633 g/mol. The SMILES string of the molecule is C[C@@H](NC(=O)[C@H](Cc1ccc(-c2ncc(-c3ccc(Oc4ccccc4F)nc3)cn2)cc1)NC(=O)c1ccc(C(C)(C)C)s1)C(=O)O. The lowest BCUT2D eigenvalue weighted by Crippen LogP contribution is -2.51. The largest absolute Gasteiger partial charge is 0.480 e. The van der Waals surface area contributed by atoms with Crippen molar-refractivity contribution in [2.45, 2.75) is 51.6 Å². The number of aliphatic carboxylic acids is 1. The number of hydrogen-bond donors (Lipinski definition) is 3. The highest BCUT2D eigenvalue weighted by Gasteiger charge is 2.26. The Morgan fingerprint density at radius 2 is 1.52 bits per heavy atom. The molecule has 0 aliphatic carbocycles. The summed E-state index contributed by atoms with van der Waals surface area (Å²) in [6, 6.07) is 18.2. The Bertz CT molecular complexity index is 1910. The summed E-state index contributed by atoms with van der Waals surface area (Å²) >= 11 is 1.35. The van der Waals surface area contributed by atoms with Crippen LogP contribution in [0.25, 0.3) is 22.5 Å². The van der Waals surface area contributed by atoms with Crippen molar-refractivity contribution in [2.75, 3.05) is 0 Å². The molecule has 0 fully saturated rings. The van der Waals surface area contributed by atoms with Crippen molar-refractivity contribution in [3.05, 3.63) is 113 Å². The highest BCUT2D eigenvalue weighted by molar-refractivity contribution is 7.14. The number of pyridine rings is 1. The van der Waals surface area contributed by atoms with E-state index in [2.05, 4.69) is 46.4 Å². The minimum Gasteiger partial charge on any atom is -0.480 e. The van der Waals surface area contributed by atoms with E-state index in [1.54, 1.807) is 61.1 Å². The van der Waals surface area contributed by atoms with Gasteiger partial charge in [0.05, 0.1) is 4.88 Å². The van der Waals surface area contributed by atoms with Crippen molar-refractivity contribution >= 4 is 29.1 Å². The summed E-state index contributed by atoms with van der Waals surface area (Å²) in [6.45, 7) is 7.52. The standard InChI is InChI=1S/C36H34FN5O5S/c1-21(35(45)46)41-33(43)27(42-34(44)29-14-15-30(48-29)36(2,3)4)17-22-9-11-23(12-10-22)32-39-19-25(20-40-32)24-13-16-31(38-18-24)47-28-8-6-5-7-26(28)37/h5-16,18-21,27H,17H2,1-4H3,(H,41,43)(H,42,44)(H,45,46)/t21-,27+/m1/s1. The van der Waals surface area contributed by atoms with Gasteiger partial charge in [-0.15, -0.1) is 11.3 Å². The quantitative estimate of drug-likeness (QED) is 0.146. The van der Waals surface area contributed by atoms with Gasteiger partial charge in [0.1, 0.15) is 12.1 Å². The zero-order chi connectivity index (χ0) is 34.4. The number of carboxylic acids is 1. The molecule has 0 bridgehead atoms. The Kier molecular flexibility index (Phi) is 10.2. The van der Waals surface area contributed by atoms with E-state index in [0.29, 0.717) is 10.7 Å². The Morgan fingerprint density at radius 3 is 2.12 bits per heavy atom. The third kappa shape index (κ3) is 8.45. The van der Waals surface area contributed by atoms with Gasteiger partial charge in [0.15, 0.2) is 17.4 Å². The summed E-state index contributed by atoms with van der Waals surface area (Å²) in [5.74, 6) is -1.87. The van der Waals surface area contributed by atoms with Crippen LogP contribution in [0.2, 0.25) is 0 Å². The molecule has 0 saturated heterocycles. The van der Waals surface area contributed by atoms with E-state index < -0.39 is 35.7 Å². The molecule has 5 aromatic rings. The van der Waals surface area contributed by atoms with E-state index in [4.69, 9.17) is 4.74 Å². The van der Waals surface area contributed by atoms with Crippen LogP contribution in [0, 0.1) is 5.82 Å². The maximum atomic E-state index is 13.9. The monoisotopic (exact) mass is 667 g/mol. The molecule has 0 spiro atoms. The average molecular weight is 668 g/mol. The molecule has 0 aliphatic rings. The minimum atomic E-state index is -1.18. The third-order valence-electron chi connectivity index (χ3n) is 7.34. The van der Waals surface area contributed by atoms with Crippen LogP contribution in [0.1, 0.15) is 47.8 Å². The van der Waals surface area contributed by atoms with Gasteiger partial charge < -0.3 is 20.5 Å². The molecule has 10 nitrogen and oxygen atoms in total. The molecule has 0 unspecified atom stereocenters. The number of nitrogens with zero attached hydrogens (tertiary/aromatic N) is 3. The summed E-state index contributed by atoms with van der Waals surface area (Å²) in [7, 11) is 0. The number of aromatic nitrogens is 3. The molecule has 3 heterocycles. The lowest BCUT2D eigenvalue weighted by Gasteiger charge is -2.20. The van der Waals surface area contributed by atoms with Gasteiger partial charge in [-0.1, -0.05) is 57.2 Å². The number of carbonyl (C=O) groups excluding carboxylic acids is 2. The topological polar surface area (TPSA) is 143 Å². The van der Waals surface area contributed by atoms with Gasteiger partial charge in [0.25, 0.3) is 5.91 Å². The zero-order valence-corrected chi connectivity index (χ0v) is 27.5. The van der Waals surface area contributed by atoms with Gasteiger partial charge in [0.2, 0.25) is 11.8 Å². The van der Waals surface area contributed by atoms with Crippen LogP contribution in [0.4, 0.5) is 4.39 Å². The number of nitrogens with one attached hydrogen (secondary N) is 2. The molecule has 3 N–H and O–H groups in total. The van der Waals surface area contributed by atoms with Gasteiger partial charge in [-0.05, 0) is 48.2 Å². The van der Waals surface area contributed by atoms with Gasteiger partial charge in [-0.25, -0.2) is 19.3 Å². The van der Waals surface area contributed by atoms with Crippen molar-refractivity contribution in [2.24, 2.45) is 0 Å². The second kappa shape index (κ2) is 14.5. The molecule has 12 heteroatoms. The lowest BCUT2D eigenvalue weighted by atomic mass is 9.95. The van der Waals surface area contributed by atoms with Crippen LogP contribution in [0.3, 0.4) is 0 Å². The first kappa shape index (κ1) is 33.9. The molecular formula is C36H34FN5O5S. The van der Waals surface area contributed by atoms with E-state index in [9.17, 15) is 23.9 Å². The van der Waals surface area contributed by atoms with Crippen LogP contribution in [-0.4, -0.2) is 49.9 Å². The van der Waals surface area contributed by atoms with Gasteiger partial charge in [0, 0.05) is 52.6 Å². The Labute approximate surface area is 281 Å². The first-order chi connectivity index (χ1) is 22.9. The molecule has 2 atom stereocenters. The lowest BCUT2D eigenvalue weighted by molar-refractivity contribution is -0.141. The second-order valence-electron chi connectivity index (χ2n) is 12.1.